The van der Waals surface area contributed by atoms with Gasteiger partial charge in [-0.25, -0.2) is 4.79 Å². The van der Waals surface area contributed by atoms with Gasteiger partial charge in [-0.05, 0) is 45.7 Å². The second kappa shape index (κ2) is 8.23. The summed E-state index contributed by atoms with van der Waals surface area (Å²) in [7, 11) is 0. The van der Waals surface area contributed by atoms with Gasteiger partial charge in [0.25, 0.3) is 5.91 Å². The van der Waals surface area contributed by atoms with Crippen LogP contribution in [0.5, 0.6) is 5.75 Å². The van der Waals surface area contributed by atoms with Crippen LogP contribution in [0.25, 0.3) is 0 Å². The van der Waals surface area contributed by atoms with E-state index in [1.54, 1.807) is 9.80 Å². The second-order valence-electron chi connectivity index (χ2n) is 7.46. The van der Waals surface area contributed by atoms with Gasteiger partial charge in [-0.15, -0.1) is 0 Å². The van der Waals surface area contributed by atoms with Crippen molar-refractivity contribution in [1.29, 1.82) is 0 Å². The maximum absolute atomic E-state index is 12.4. The van der Waals surface area contributed by atoms with Crippen LogP contribution in [-0.4, -0.2) is 60.1 Å². The molecule has 1 heterocycles. The van der Waals surface area contributed by atoms with Gasteiger partial charge in [-0.1, -0.05) is 18.2 Å². The van der Waals surface area contributed by atoms with Gasteiger partial charge in [0, 0.05) is 31.7 Å². The zero-order valence-electron chi connectivity index (χ0n) is 15.7. The average Bonchev–Trinajstić information content (AvgIpc) is 2.78. The van der Waals surface area contributed by atoms with Crippen molar-refractivity contribution in [1.82, 2.24) is 15.1 Å². The van der Waals surface area contributed by atoms with Crippen LogP contribution in [0.15, 0.2) is 24.3 Å². The molecule has 0 unspecified atom stereocenters. The first-order valence-electron chi connectivity index (χ1n) is 8.79. The zero-order valence-corrected chi connectivity index (χ0v) is 15.7. The van der Waals surface area contributed by atoms with E-state index in [4.69, 9.17) is 4.74 Å². The molecule has 0 saturated carbocycles. The summed E-state index contributed by atoms with van der Waals surface area (Å²) >= 11 is 0. The van der Waals surface area contributed by atoms with Crippen LogP contribution in [-0.2, 0) is 4.79 Å². The predicted octanol–water partition coefficient (Wildman–Crippen LogP) is 2.42. The minimum absolute atomic E-state index is 0.0268. The molecule has 1 aromatic carbocycles. The molecule has 0 aliphatic carbocycles. The Labute approximate surface area is 150 Å². The van der Waals surface area contributed by atoms with Crippen molar-refractivity contribution in [3.8, 4) is 5.75 Å². The lowest BCUT2D eigenvalue weighted by molar-refractivity contribution is -0.133. The van der Waals surface area contributed by atoms with Crippen LogP contribution in [0.1, 0.15) is 32.8 Å². The largest absolute Gasteiger partial charge is 0.484 e. The average molecular weight is 347 g/mol. The number of nitrogens with one attached hydrogen (secondary N) is 1. The van der Waals surface area contributed by atoms with E-state index in [-0.39, 0.29) is 24.1 Å². The molecule has 6 heteroatoms. The third kappa shape index (κ3) is 5.96. The monoisotopic (exact) mass is 347 g/mol. The minimum atomic E-state index is -0.264. The molecule has 25 heavy (non-hydrogen) atoms. The van der Waals surface area contributed by atoms with Crippen LogP contribution in [0.4, 0.5) is 4.79 Å². The highest BCUT2D eigenvalue weighted by Gasteiger charge is 2.24. The summed E-state index contributed by atoms with van der Waals surface area (Å²) in [4.78, 5) is 28.3. The van der Waals surface area contributed by atoms with Crippen LogP contribution in [0, 0.1) is 6.92 Å². The van der Waals surface area contributed by atoms with E-state index in [2.05, 4.69) is 5.32 Å². The Balaban J connectivity index is 1.84. The Bertz CT molecular complexity index is 610. The van der Waals surface area contributed by atoms with E-state index in [1.165, 1.54) is 0 Å². The van der Waals surface area contributed by atoms with Crippen LogP contribution >= 0.6 is 0 Å². The number of ether oxygens (including phenoxy) is 1. The van der Waals surface area contributed by atoms with Crippen LogP contribution in [0.3, 0.4) is 0 Å². The molecule has 138 valence electrons. The van der Waals surface area contributed by atoms with Gasteiger partial charge in [0.05, 0.1) is 0 Å². The SMILES string of the molecule is Cc1ccccc1OCC(=O)N1CCCN(C(=O)NC(C)(C)C)CC1. The fraction of sp³-hybridized carbons (Fsp3) is 0.579. The lowest BCUT2D eigenvalue weighted by atomic mass is 10.1. The minimum Gasteiger partial charge on any atom is -0.484 e. The third-order valence-corrected chi connectivity index (χ3v) is 4.06. The molecule has 1 aliphatic heterocycles. The van der Waals surface area contributed by atoms with E-state index in [0.29, 0.717) is 26.2 Å². The van der Waals surface area contributed by atoms with Gasteiger partial charge in [-0.3, -0.25) is 4.79 Å². The second-order valence-corrected chi connectivity index (χ2v) is 7.46. The summed E-state index contributed by atoms with van der Waals surface area (Å²) in [5.41, 5.74) is 0.747. The number of hydrogen-bond donors (Lipinski definition) is 1. The Morgan fingerprint density at radius 1 is 1.08 bits per heavy atom. The molecule has 2 rings (SSSR count). The van der Waals surface area contributed by atoms with E-state index in [0.717, 1.165) is 17.7 Å². The number of nitrogens with zero attached hydrogens (tertiary/aromatic N) is 2. The fourth-order valence-corrected chi connectivity index (χ4v) is 2.72. The predicted molar refractivity (Wildman–Crippen MR) is 97.7 cm³/mol. The Kier molecular flexibility index (Phi) is 6.28. The maximum atomic E-state index is 12.4. The highest BCUT2D eigenvalue weighted by Crippen LogP contribution is 2.16. The Morgan fingerprint density at radius 3 is 2.40 bits per heavy atom. The van der Waals surface area contributed by atoms with Gasteiger partial charge in [0.15, 0.2) is 6.61 Å². The summed E-state index contributed by atoms with van der Waals surface area (Å²) in [5, 5.41) is 2.97. The van der Waals surface area contributed by atoms with Crippen molar-refractivity contribution >= 4 is 11.9 Å². The van der Waals surface area contributed by atoms with Gasteiger partial charge in [0.1, 0.15) is 5.75 Å². The molecule has 1 aromatic rings. The highest BCUT2D eigenvalue weighted by molar-refractivity contribution is 5.78. The van der Waals surface area contributed by atoms with Crippen molar-refractivity contribution in [2.75, 3.05) is 32.8 Å². The number of rotatable bonds is 3. The van der Waals surface area contributed by atoms with Gasteiger partial charge in [-0.2, -0.15) is 0 Å². The topological polar surface area (TPSA) is 61.9 Å². The molecule has 0 spiro atoms. The van der Waals surface area contributed by atoms with Crippen molar-refractivity contribution in [2.45, 2.75) is 39.7 Å². The molecule has 0 radical (unpaired) electrons. The molecule has 0 aromatic heterocycles. The molecule has 1 N–H and O–H groups in total. The molecule has 1 saturated heterocycles. The summed E-state index contributed by atoms with van der Waals surface area (Å²) < 4.78 is 5.65. The molecule has 1 aliphatic rings. The summed E-state index contributed by atoms with van der Waals surface area (Å²) in [6, 6.07) is 7.58. The van der Waals surface area contributed by atoms with Gasteiger partial charge < -0.3 is 19.9 Å². The van der Waals surface area contributed by atoms with Crippen molar-refractivity contribution < 1.29 is 14.3 Å². The molecule has 0 bridgehead atoms. The summed E-state index contributed by atoms with van der Waals surface area (Å²) in [6.45, 7) is 10.2. The van der Waals surface area contributed by atoms with Gasteiger partial charge in [0.2, 0.25) is 0 Å². The molecule has 1 fully saturated rings. The standard InChI is InChI=1S/C19H29N3O3/c1-15-8-5-6-9-16(15)25-14-17(23)21-10-7-11-22(13-12-21)18(24)20-19(2,3)4/h5-6,8-9H,7,10-14H2,1-4H3,(H,20,24). The molecule has 3 amide bonds. The maximum Gasteiger partial charge on any atom is 0.317 e. The number of amides is 3. The number of para-hydroxylation sites is 1. The molecular formula is C19H29N3O3. The normalized spacial score (nSPS) is 15.5. The van der Waals surface area contributed by atoms with Gasteiger partial charge >= 0.3 is 6.03 Å². The van der Waals surface area contributed by atoms with Crippen molar-refractivity contribution in [3.63, 3.8) is 0 Å². The highest BCUT2D eigenvalue weighted by atomic mass is 16.5. The Hall–Kier alpha value is -2.24. The summed E-state index contributed by atoms with van der Waals surface area (Å²) in [6.07, 6.45) is 0.771. The number of urea groups is 1. The number of carbonyl (C=O) groups excluding carboxylic acids is 2. The quantitative estimate of drug-likeness (QED) is 0.913. The van der Waals surface area contributed by atoms with E-state index < -0.39 is 0 Å². The number of carbonyl (C=O) groups is 2. The van der Waals surface area contributed by atoms with E-state index >= 15 is 0 Å². The van der Waals surface area contributed by atoms with Crippen LogP contribution in [0.2, 0.25) is 0 Å². The lowest BCUT2D eigenvalue weighted by Crippen LogP contribution is -2.49. The van der Waals surface area contributed by atoms with E-state index in [1.807, 2.05) is 52.0 Å². The number of benzene rings is 1. The number of hydrogen-bond acceptors (Lipinski definition) is 3. The number of aryl methyl sites for hydroxylation is 1. The first-order chi connectivity index (χ1) is 11.8. The molecule has 6 nitrogen and oxygen atoms in total. The summed E-state index contributed by atoms with van der Waals surface area (Å²) in [5.74, 6) is 0.693. The van der Waals surface area contributed by atoms with Crippen molar-refractivity contribution in [3.05, 3.63) is 29.8 Å². The smallest absolute Gasteiger partial charge is 0.317 e. The van der Waals surface area contributed by atoms with Crippen LogP contribution < -0.4 is 10.1 Å². The first kappa shape index (κ1) is 19.1. The molecular weight excluding hydrogens is 318 g/mol. The lowest BCUT2D eigenvalue weighted by Gasteiger charge is -2.27. The zero-order chi connectivity index (χ0) is 18.4. The fourth-order valence-electron chi connectivity index (χ4n) is 2.72. The van der Waals surface area contributed by atoms with Crippen molar-refractivity contribution in [2.24, 2.45) is 0 Å². The first-order valence-corrected chi connectivity index (χ1v) is 8.79. The molecule has 0 atom stereocenters. The Morgan fingerprint density at radius 2 is 1.72 bits per heavy atom. The van der Waals surface area contributed by atoms with E-state index in [9.17, 15) is 9.59 Å². The third-order valence-electron chi connectivity index (χ3n) is 4.06.